The summed E-state index contributed by atoms with van der Waals surface area (Å²) in [5.41, 5.74) is 2.46. The van der Waals surface area contributed by atoms with Crippen LogP contribution in [0, 0.1) is 5.92 Å². The number of aromatic nitrogens is 3. The molecule has 7 nitrogen and oxygen atoms in total. The average Bonchev–Trinajstić information content (AvgIpc) is 2.52. The van der Waals surface area contributed by atoms with Crippen molar-refractivity contribution >= 4 is 11.9 Å². The Hall–Kier alpha value is -1.63. The van der Waals surface area contributed by atoms with Crippen LogP contribution in [0.3, 0.4) is 0 Å². The molecule has 1 saturated carbocycles. The smallest absolute Gasteiger partial charge is 0.323 e. The third kappa shape index (κ3) is 4.70. The summed E-state index contributed by atoms with van der Waals surface area (Å²) in [7, 11) is 0. The van der Waals surface area contributed by atoms with Gasteiger partial charge in [-0.2, -0.15) is 15.0 Å². The first-order valence-electron chi connectivity index (χ1n) is 7.87. The van der Waals surface area contributed by atoms with E-state index in [0.29, 0.717) is 30.6 Å². The number of anilines is 2. The predicted molar refractivity (Wildman–Crippen MR) is 83.1 cm³/mol. The molecule has 1 fully saturated rings. The van der Waals surface area contributed by atoms with E-state index in [-0.39, 0.29) is 0 Å². The van der Waals surface area contributed by atoms with Gasteiger partial charge in [0.1, 0.15) is 0 Å². The maximum Gasteiger partial charge on any atom is 0.323 e. The van der Waals surface area contributed by atoms with Crippen molar-refractivity contribution in [3.8, 4) is 6.01 Å². The van der Waals surface area contributed by atoms with Crippen LogP contribution in [-0.4, -0.2) is 27.6 Å². The summed E-state index contributed by atoms with van der Waals surface area (Å²) in [6.07, 6.45) is 7.03. The maximum absolute atomic E-state index is 5.47. The van der Waals surface area contributed by atoms with Crippen molar-refractivity contribution in [1.82, 2.24) is 15.0 Å². The molecule has 1 aromatic rings. The molecule has 1 heterocycles. The van der Waals surface area contributed by atoms with Crippen LogP contribution in [0.1, 0.15) is 52.4 Å². The Morgan fingerprint density at radius 3 is 2.71 bits per heavy atom. The Bertz CT molecular complexity index is 441. The molecule has 0 aromatic carbocycles. The molecule has 0 amide bonds. The fourth-order valence-corrected chi connectivity index (χ4v) is 2.72. The summed E-state index contributed by atoms with van der Waals surface area (Å²) in [6.45, 7) is 4.87. The summed E-state index contributed by atoms with van der Waals surface area (Å²) in [4.78, 5) is 12.7. The van der Waals surface area contributed by atoms with Crippen molar-refractivity contribution in [2.24, 2.45) is 11.8 Å². The zero-order chi connectivity index (χ0) is 15.1. The van der Waals surface area contributed by atoms with Gasteiger partial charge in [-0.1, -0.05) is 33.1 Å². The van der Waals surface area contributed by atoms with Crippen LogP contribution in [0.25, 0.3) is 0 Å². The second-order valence-corrected chi connectivity index (χ2v) is 5.54. The van der Waals surface area contributed by atoms with Gasteiger partial charge in [-0.3, -0.25) is 5.43 Å². The van der Waals surface area contributed by atoms with Gasteiger partial charge < -0.3 is 10.1 Å². The third-order valence-electron chi connectivity index (χ3n) is 3.87. The molecule has 1 aromatic heterocycles. The van der Waals surface area contributed by atoms with E-state index >= 15 is 0 Å². The normalized spacial score (nSPS) is 21.9. The summed E-state index contributed by atoms with van der Waals surface area (Å²) < 4.78 is 5.47. The fraction of sp³-hybridized carbons (Fsp3) is 0.786. The van der Waals surface area contributed by atoms with Gasteiger partial charge in [-0.25, -0.2) is 5.84 Å². The van der Waals surface area contributed by atoms with Gasteiger partial charge in [0.2, 0.25) is 11.9 Å². The molecule has 0 radical (unpaired) electrons. The highest BCUT2D eigenvalue weighted by Gasteiger charge is 2.21. The molecule has 7 heteroatoms. The van der Waals surface area contributed by atoms with E-state index in [2.05, 4.69) is 32.6 Å². The van der Waals surface area contributed by atoms with Crippen LogP contribution in [0.15, 0.2) is 0 Å². The lowest BCUT2D eigenvalue weighted by Crippen LogP contribution is -2.28. The number of nitrogens with two attached hydrogens (primary N) is 1. The minimum atomic E-state index is 0.310. The second kappa shape index (κ2) is 7.97. The standard InChI is InChI=1S/C14H26N6O/c1-3-8-21-14-18-12(17-13(19-14)20-15)16-11-7-5-6-10(4-2)9-11/h10-11H,3-9,15H2,1-2H3,(H2,16,17,18,19,20). The Morgan fingerprint density at radius 2 is 2.00 bits per heavy atom. The molecule has 1 aliphatic carbocycles. The first-order chi connectivity index (χ1) is 10.2. The van der Waals surface area contributed by atoms with E-state index in [1.165, 1.54) is 25.7 Å². The van der Waals surface area contributed by atoms with Crippen LogP contribution in [0.4, 0.5) is 11.9 Å². The minimum Gasteiger partial charge on any atom is -0.463 e. The number of nitrogens with one attached hydrogen (secondary N) is 2. The van der Waals surface area contributed by atoms with Gasteiger partial charge in [0.25, 0.3) is 0 Å². The van der Waals surface area contributed by atoms with Gasteiger partial charge in [0, 0.05) is 6.04 Å². The van der Waals surface area contributed by atoms with Crippen molar-refractivity contribution in [2.75, 3.05) is 17.3 Å². The molecule has 0 spiro atoms. The summed E-state index contributed by atoms with van der Waals surface area (Å²) in [5.74, 6) is 7.05. The van der Waals surface area contributed by atoms with Crippen molar-refractivity contribution in [3.05, 3.63) is 0 Å². The van der Waals surface area contributed by atoms with Gasteiger partial charge in [-0.05, 0) is 25.2 Å². The molecule has 2 atom stereocenters. The SMILES string of the molecule is CCCOc1nc(NN)nc(NC2CCCC(CC)C2)n1. The molecular formula is C14H26N6O. The Balaban J connectivity index is 2.03. The van der Waals surface area contributed by atoms with Crippen LogP contribution >= 0.6 is 0 Å². The molecule has 2 unspecified atom stereocenters. The van der Waals surface area contributed by atoms with E-state index in [4.69, 9.17) is 10.6 Å². The van der Waals surface area contributed by atoms with Gasteiger partial charge in [0.15, 0.2) is 0 Å². The van der Waals surface area contributed by atoms with E-state index in [1.807, 2.05) is 6.92 Å². The first-order valence-corrected chi connectivity index (χ1v) is 7.87. The fourth-order valence-electron chi connectivity index (χ4n) is 2.72. The number of nitrogen functional groups attached to an aromatic ring is 1. The summed E-state index contributed by atoms with van der Waals surface area (Å²) >= 11 is 0. The molecule has 0 bridgehead atoms. The van der Waals surface area contributed by atoms with Crippen LogP contribution in [0.2, 0.25) is 0 Å². The van der Waals surface area contributed by atoms with E-state index in [0.717, 1.165) is 18.8 Å². The molecule has 2 rings (SSSR count). The van der Waals surface area contributed by atoms with Crippen molar-refractivity contribution in [3.63, 3.8) is 0 Å². The molecule has 1 aliphatic rings. The second-order valence-electron chi connectivity index (χ2n) is 5.54. The first kappa shape index (κ1) is 15.8. The van der Waals surface area contributed by atoms with Crippen molar-refractivity contribution < 1.29 is 4.74 Å². The lowest BCUT2D eigenvalue weighted by molar-refractivity contribution is 0.291. The average molecular weight is 294 g/mol. The van der Waals surface area contributed by atoms with E-state index in [9.17, 15) is 0 Å². The van der Waals surface area contributed by atoms with Crippen LogP contribution in [0.5, 0.6) is 6.01 Å². The number of hydrogen-bond donors (Lipinski definition) is 3. The van der Waals surface area contributed by atoms with Gasteiger partial charge in [-0.15, -0.1) is 0 Å². The summed E-state index contributed by atoms with van der Waals surface area (Å²) in [5, 5.41) is 3.40. The highest BCUT2D eigenvalue weighted by atomic mass is 16.5. The zero-order valence-corrected chi connectivity index (χ0v) is 12.9. The number of hydrogen-bond acceptors (Lipinski definition) is 7. The van der Waals surface area contributed by atoms with Crippen LogP contribution in [-0.2, 0) is 0 Å². The Kier molecular flexibility index (Phi) is 5.98. The highest BCUT2D eigenvalue weighted by molar-refractivity contribution is 5.35. The summed E-state index contributed by atoms with van der Waals surface area (Å²) in [6, 6.07) is 0.723. The van der Waals surface area contributed by atoms with E-state index < -0.39 is 0 Å². The predicted octanol–water partition coefficient (Wildman–Crippen LogP) is 2.33. The highest BCUT2D eigenvalue weighted by Crippen LogP contribution is 2.28. The largest absolute Gasteiger partial charge is 0.463 e. The monoisotopic (exact) mass is 294 g/mol. The maximum atomic E-state index is 5.47. The topological polar surface area (TPSA) is 98.0 Å². The van der Waals surface area contributed by atoms with E-state index in [1.54, 1.807) is 0 Å². The third-order valence-corrected chi connectivity index (χ3v) is 3.87. The lowest BCUT2D eigenvalue weighted by Gasteiger charge is -2.29. The quantitative estimate of drug-likeness (QED) is 0.524. The molecule has 21 heavy (non-hydrogen) atoms. The number of nitrogens with zero attached hydrogens (tertiary/aromatic N) is 3. The number of ether oxygens (including phenoxy) is 1. The minimum absolute atomic E-state index is 0.310. The van der Waals surface area contributed by atoms with Crippen LogP contribution < -0.4 is 21.3 Å². The molecule has 0 saturated heterocycles. The Morgan fingerprint density at radius 1 is 1.19 bits per heavy atom. The molecule has 118 valence electrons. The number of hydrazine groups is 1. The lowest BCUT2D eigenvalue weighted by atomic mass is 9.84. The number of rotatable bonds is 7. The molecular weight excluding hydrogens is 268 g/mol. The molecule has 4 N–H and O–H groups in total. The van der Waals surface area contributed by atoms with Gasteiger partial charge >= 0.3 is 6.01 Å². The zero-order valence-electron chi connectivity index (χ0n) is 12.9. The van der Waals surface area contributed by atoms with Crippen molar-refractivity contribution in [1.29, 1.82) is 0 Å². The molecule has 0 aliphatic heterocycles. The van der Waals surface area contributed by atoms with Crippen molar-refractivity contribution in [2.45, 2.75) is 58.4 Å². The van der Waals surface area contributed by atoms with Gasteiger partial charge in [0.05, 0.1) is 6.61 Å². The Labute approximate surface area is 126 Å².